The first-order valence-corrected chi connectivity index (χ1v) is 6.34. The maximum Gasteiger partial charge on any atom is 0.295 e. The lowest BCUT2D eigenvalue weighted by molar-refractivity contribution is -0.121. The van der Waals surface area contributed by atoms with E-state index in [9.17, 15) is 4.79 Å². The van der Waals surface area contributed by atoms with E-state index in [1.165, 1.54) is 0 Å². The highest BCUT2D eigenvalue weighted by atomic mass is 16.5. The first kappa shape index (κ1) is 14.1. The van der Waals surface area contributed by atoms with Gasteiger partial charge in [0, 0.05) is 32.3 Å². The molecule has 0 radical (unpaired) electrons. The standard InChI is InChI=1S/C13H18N4O3/c1-19-7-6-15-12(18)4-5-16-13-17-10-8-9(14)2-3-11(10)20-13/h2-3,8H,4-7,14H2,1H3,(H,15,18)(H,16,17). The number of rotatable bonds is 7. The lowest BCUT2D eigenvalue weighted by Gasteiger charge is -2.04. The number of amides is 1. The normalized spacial score (nSPS) is 10.7. The summed E-state index contributed by atoms with van der Waals surface area (Å²) in [4.78, 5) is 15.7. The summed E-state index contributed by atoms with van der Waals surface area (Å²) in [6.07, 6.45) is 0.338. The minimum Gasteiger partial charge on any atom is -0.424 e. The van der Waals surface area contributed by atoms with Crippen molar-refractivity contribution >= 4 is 28.7 Å². The summed E-state index contributed by atoms with van der Waals surface area (Å²) in [5, 5.41) is 5.70. The molecule has 4 N–H and O–H groups in total. The highest BCUT2D eigenvalue weighted by Gasteiger charge is 2.06. The van der Waals surface area contributed by atoms with E-state index in [4.69, 9.17) is 14.9 Å². The van der Waals surface area contributed by atoms with Crippen LogP contribution in [0, 0.1) is 0 Å². The Kier molecular flexibility index (Phi) is 4.78. The van der Waals surface area contributed by atoms with Crippen molar-refractivity contribution in [2.24, 2.45) is 0 Å². The molecule has 2 rings (SSSR count). The third-order valence-electron chi connectivity index (χ3n) is 2.67. The van der Waals surface area contributed by atoms with Crippen LogP contribution in [0.5, 0.6) is 0 Å². The van der Waals surface area contributed by atoms with Crippen molar-refractivity contribution in [3.63, 3.8) is 0 Å². The van der Waals surface area contributed by atoms with Gasteiger partial charge in [-0.1, -0.05) is 0 Å². The fourth-order valence-corrected chi connectivity index (χ4v) is 1.68. The Morgan fingerprint density at radius 1 is 1.45 bits per heavy atom. The molecule has 0 aliphatic carbocycles. The number of oxazole rings is 1. The minimum atomic E-state index is -0.0464. The topological polar surface area (TPSA) is 102 Å². The van der Waals surface area contributed by atoms with Gasteiger partial charge in [-0.2, -0.15) is 4.98 Å². The van der Waals surface area contributed by atoms with Crippen LogP contribution < -0.4 is 16.4 Å². The number of nitrogen functional groups attached to an aromatic ring is 1. The SMILES string of the molecule is COCCNC(=O)CCNc1nc2cc(N)ccc2o1. The quantitative estimate of drug-likeness (QED) is 0.515. The Balaban J connectivity index is 1.79. The number of aromatic nitrogens is 1. The predicted molar refractivity (Wildman–Crippen MR) is 76.4 cm³/mol. The lowest BCUT2D eigenvalue weighted by Crippen LogP contribution is -2.28. The molecular formula is C13H18N4O3. The third kappa shape index (κ3) is 3.86. The smallest absolute Gasteiger partial charge is 0.295 e. The van der Waals surface area contributed by atoms with Crippen molar-refractivity contribution in [3.8, 4) is 0 Å². The molecule has 20 heavy (non-hydrogen) atoms. The molecule has 0 saturated carbocycles. The molecule has 2 aromatic rings. The van der Waals surface area contributed by atoms with E-state index < -0.39 is 0 Å². The van der Waals surface area contributed by atoms with Crippen LogP contribution in [0.2, 0.25) is 0 Å². The maximum absolute atomic E-state index is 11.5. The lowest BCUT2D eigenvalue weighted by atomic mass is 10.3. The van der Waals surface area contributed by atoms with Crippen LogP contribution in [-0.2, 0) is 9.53 Å². The van der Waals surface area contributed by atoms with Gasteiger partial charge in [0.25, 0.3) is 6.01 Å². The highest BCUT2D eigenvalue weighted by Crippen LogP contribution is 2.20. The number of methoxy groups -OCH3 is 1. The van der Waals surface area contributed by atoms with Crippen LogP contribution in [0.3, 0.4) is 0 Å². The number of benzene rings is 1. The molecule has 7 nitrogen and oxygen atoms in total. The van der Waals surface area contributed by atoms with Gasteiger partial charge >= 0.3 is 0 Å². The minimum absolute atomic E-state index is 0.0464. The molecule has 0 aliphatic rings. The van der Waals surface area contributed by atoms with Crippen molar-refractivity contribution in [1.29, 1.82) is 0 Å². The van der Waals surface area contributed by atoms with Crippen molar-refractivity contribution in [1.82, 2.24) is 10.3 Å². The summed E-state index contributed by atoms with van der Waals surface area (Å²) >= 11 is 0. The number of hydrogen-bond donors (Lipinski definition) is 3. The molecule has 0 spiro atoms. The van der Waals surface area contributed by atoms with Gasteiger partial charge in [0.1, 0.15) is 5.52 Å². The molecule has 0 saturated heterocycles. The molecule has 7 heteroatoms. The Morgan fingerprint density at radius 3 is 3.10 bits per heavy atom. The van der Waals surface area contributed by atoms with E-state index in [2.05, 4.69) is 15.6 Å². The fourth-order valence-electron chi connectivity index (χ4n) is 1.68. The summed E-state index contributed by atoms with van der Waals surface area (Å²) < 4.78 is 10.3. The number of nitrogens with two attached hydrogens (primary N) is 1. The first-order chi connectivity index (χ1) is 9.69. The van der Waals surface area contributed by atoms with Gasteiger partial charge in [0.15, 0.2) is 5.58 Å². The molecule has 108 valence electrons. The number of fused-ring (bicyclic) bond motifs is 1. The summed E-state index contributed by atoms with van der Waals surface area (Å²) in [6, 6.07) is 5.64. The van der Waals surface area contributed by atoms with Gasteiger partial charge < -0.3 is 25.5 Å². The van der Waals surface area contributed by atoms with E-state index in [1.54, 1.807) is 25.3 Å². The second-order valence-corrected chi connectivity index (χ2v) is 4.27. The molecule has 1 aromatic carbocycles. The fraction of sp³-hybridized carbons (Fsp3) is 0.385. The van der Waals surface area contributed by atoms with E-state index in [1.807, 2.05) is 0 Å². The second kappa shape index (κ2) is 6.76. The van der Waals surface area contributed by atoms with E-state index in [0.29, 0.717) is 48.9 Å². The van der Waals surface area contributed by atoms with Gasteiger partial charge in [-0.3, -0.25) is 4.79 Å². The van der Waals surface area contributed by atoms with Gasteiger partial charge in [-0.15, -0.1) is 0 Å². The van der Waals surface area contributed by atoms with E-state index >= 15 is 0 Å². The molecule has 0 bridgehead atoms. The summed E-state index contributed by atoms with van der Waals surface area (Å²) in [6.45, 7) is 1.46. The molecule has 0 unspecified atom stereocenters. The maximum atomic E-state index is 11.5. The number of carbonyl (C=O) groups is 1. The number of hydrogen-bond acceptors (Lipinski definition) is 6. The van der Waals surface area contributed by atoms with Crippen LogP contribution in [0.15, 0.2) is 22.6 Å². The van der Waals surface area contributed by atoms with Gasteiger partial charge in [-0.25, -0.2) is 0 Å². The van der Waals surface area contributed by atoms with Gasteiger partial charge in [0.05, 0.1) is 6.61 Å². The Labute approximate surface area is 116 Å². The molecule has 1 amide bonds. The number of nitrogens with one attached hydrogen (secondary N) is 2. The average molecular weight is 278 g/mol. The Bertz CT molecular complexity index is 582. The highest BCUT2D eigenvalue weighted by molar-refractivity contribution is 5.78. The largest absolute Gasteiger partial charge is 0.424 e. The third-order valence-corrected chi connectivity index (χ3v) is 2.67. The number of anilines is 2. The zero-order valence-electron chi connectivity index (χ0n) is 11.3. The number of ether oxygens (including phenoxy) is 1. The molecule has 0 fully saturated rings. The van der Waals surface area contributed by atoms with Crippen molar-refractivity contribution in [2.45, 2.75) is 6.42 Å². The number of nitrogens with zero attached hydrogens (tertiary/aromatic N) is 1. The van der Waals surface area contributed by atoms with Gasteiger partial charge in [-0.05, 0) is 18.2 Å². The second-order valence-electron chi connectivity index (χ2n) is 4.27. The molecule has 1 heterocycles. The van der Waals surface area contributed by atoms with Crippen LogP contribution in [-0.4, -0.2) is 37.7 Å². The van der Waals surface area contributed by atoms with E-state index in [-0.39, 0.29) is 5.91 Å². The van der Waals surface area contributed by atoms with Crippen LogP contribution in [0.4, 0.5) is 11.7 Å². The zero-order chi connectivity index (χ0) is 14.4. The van der Waals surface area contributed by atoms with Crippen LogP contribution in [0.1, 0.15) is 6.42 Å². The monoisotopic (exact) mass is 278 g/mol. The average Bonchev–Trinajstić information content (AvgIpc) is 2.81. The van der Waals surface area contributed by atoms with Gasteiger partial charge in [0.2, 0.25) is 5.91 Å². The summed E-state index contributed by atoms with van der Waals surface area (Å²) in [5.74, 6) is -0.0464. The predicted octanol–water partition coefficient (Wildman–Crippen LogP) is 0.975. The zero-order valence-corrected chi connectivity index (χ0v) is 11.3. The first-order valence-electron chi connectivity index (χ1n) is 6.34. The molecule has 0 aliphatic heterocycles. The Morgan fingerprint density at radius 2 is 2.30 bits per heavy atom. The van der Waals surface area contributed by atoms with E-state index in [0.717, 1.165) is 0 Å². The van der Waals surface area contributed by atoms with Crippen molar-refractivity contribution < 1.29 is 13.9 Å². The molecular weight excluding hydrogens is 260 g/mol. The van der Waals surface area contributed by atoms with Crippen LogP contribution in [0.25, 0.3) is 11.1 Å². The Hall–Kier alpha value is -2.28. The van der Waals surface area contributed by atoms with Crippen molar-refractivity contribution in [2.75, 3.05) is 37.9 Å². The number of carbonyl (C=O) groups excluding carboxylic acids is 1. The summed E-state index contributed by atoms with van der Waals surface area (Å²) in [5.41, 5.74) is 7.65. The summed E-state index contributed by atoms with van der Waals surface area (Å²) in [7, 11) is 1.59. The van der Waals surface area contributed by atoms with Crippen molar-refractivity contribution in [3.05, 3.63) is 18.2 Å². The molecule has 1 aromatic heterocycles. The molecule has 0 atom stereocenters. The van der Waals surface area contributed by atoms with Crippen LogP contribution >= 0.6 is 0 Å².